The van der Waals surface area contributed by atoms with Crippen molar-refractivity contribution >= 4 is 35.0 Å². The molecular weight excluding hydrogens is 408 g/mol. The molecule has 0 amide bonds. The predicted octanol–water partition coefficient (Wildman–Crippen LogP) is 5.48. The summed E-state index contributed by atoms with van der Waals surface area (Å²) in [5, 5.41) is 11.2. The highest BCUT2D eigenvalue weighted by atomic mass is 32.1. The van der Waals surface area contributed by atoms with Gasteiger partial charge in [-0.3, -0.25) is 9.89 Å². The van der Waals surface area contributed by atoms with Crippen molar-refractivity contribution in [1.29, 1.82) is 0 Å². The number of imidazole rings is 1. The van der Waals surface area contributed by atoms with E-state index >= 15 is 0 Å². The van der Waals surface area contributed by atoms with Crippen molar-refractivity contribution in [2.24, 2.45) is 10.2 Å². The maximum atomic E-state index is 13.2. The fraction of sp³-hybridized carbons (Fsp3) is 0.0435. The molecule has 0 fully saturated rings. The lowest BCUT2D eigenvalue weighted by Gasteiger charge is -2.06. The van der Waals surface area contributed by atoms with Crippen LogP contribution in [0.3, 0.4) is 0 Å². The first kappa shape index (κ1) is 19.1. The van der Waals surface area contributed by atoms with E-state index in [1.165, 1.54) is 4.68 Å². The Bertz CT molecular complexity index is 1390. The molecular formula is C23H18N6OS. The van der Waals surface area contributed by atoms with Gasteiger partial charge in [0.1, 0.15) is 11.1 Å². The van der Waals surface area contributed by atoms with E-state index in [0.29, 0.717) is 22.9 Å². The Morgan fingerprint density at radius 3 is 2.29 bits per heavy atom. The van der Waals surface area contributed by atoms with Gasteiger partial charge in [0.05, 0.1) is 28.1 Å². The van der Waals surface area contributed by atoms with E-state index in [9.17, 15) is 4.79 Å². The number of aromatic nitrogens is 4. The Labute approximate surface area is 182 Å². The van der Waals surface area contributed by atoms with Crippen LogP contribution in [0.2, 0.25) is 0 Å². The Hall–Kier alpha value is -3.91. The van der Waals surface area contributed by atoms with E-state index in [1.54, 1.807) is 0 Å². The molecule has 8 heteroatoms. The van der Waals surface area contributed by atoms with Crippen molar-refractivity contribution in [2.75, 3.05) is 0 Å². The number of rotatable bonds is 5. The number of azo groups is 1. The quantitative estimate of drug-likeness (QED) is 0.257. The Morgan fingerprint density at radius 2 is 1.55 bits per heavy atom. The van der Waals surface area contributed by atoms with Crippen LogP contribution in [0.4, 0.5) is 11.4 Å². The number of hydrogen-bond acceptors (Lipinski definition) is 5. The second-order valence-electron chi connectivity index (χ2n) is 6.93. The molecule has 5 rings (SSSR count). The lowest BCUT2D eigenvalue weighted by molar-refractivity contribution is 0.814. The van der Waals surface area contributed by atoms with Crippen molar-refractivity contribution < 1.29 is 0 Å². The smallest absolute Gasteiger partial charge is 0.299 e. The van der Waals surface area contributed by atoms with Crippen LogP contribution in [-0.2, 0) is 0 Å². The average molecular weight is 427 g/mol. The zero-order valence-electron chi connectivity index (χ0n) is 16.3. The number of aromatic amines is 2. The first-order valence-corrected chi connectivity index (χ1v) is 10.2. The van der Waals surface area contributed by atoms with Gasteiger partial charge in [-0.1, -0.05) is 48.5 Å². The van der Waals surface area contributed by atoms with Crippen LogP contribution in [0, 0.1) is 0 Å². The molecule has 0 aliphatic carbocycles. The van der Waals surface area contributed by atoms with Gasteiger partial charge < -0.3 is 4.98 Å². The minimum absolute atomic E-state index is 0.188. The van der Waals surface area contributed by atoms with Crippen LogP contribution in [0.15, 0.2) is 100.0 Å². The zero-order valence-corrected chi connectivity index (χ0v) is 17.2. The summed E-state index contributed by atoms with van der Waals surface area (Å²) in [5.41, 5.74) is 3.46. The van der Waals surface area contributed by atoms with E-state index in [4.69, 9.17) is 12.6 Å². The molecule has 7 nitrogen and oxygen atoms in total. The third kappa shape index (κ3) is 3.69. The summed E-state index contributed by atoms with van der Waals surface area (Å²) >= 11 is 4.76. The zero-order chi connectivity index (χ0) is 21.2. The summed E-state index contributed by atoms with van der Waals surface area (Å²) < 4.78 is 1.44. The topological polar surface area (TPSA) is 91.2 Å². The van der Waals surface area contributed by atoms with Gasteiger partial charge in [-0.25, -0.2) is 9.67 Å². The van der Waals surface area contributed by atoms with Gasteiger partial charge in [-0.15, -0.1) is 5.11 Å². The summed E-state index contributed by atoms with van der Waals surface area (Å²) in [6, 6.07) is 26.3. The summed E-state index contributed by atoms with van der Waals surface area (Å²) in [5.74, 6) is 0.613. The molecule has 31 heavy (non-hydrogen) atoms. The molecule has 0 spiro atoms. The average Bonchev–Trinajstić information content (AvgIpc) is 3.40. The second-order valence-corrected chi connectivity index (χ2v) is 7.44. The highest BCUT2D eigenvalue weighted by Crippen LogP contribution is 2.32. The summed E-state index contributed by atoms with van der Waals surface area (Å²) in [7, 11) is 0. The van der Waals surface area contributed by atoms with E-state index in [1.807, 2.05) is 84.9 Å². The largest absolute Gasteiger partial charge is 0.341 e. The molecule has 0 saturated carbocycles. The maximum absolute atomic E-state index is 13.2. The van der Waals surface area contributed by atoms with Gasteiger partial charge in [0.15, 0.2) is 5.69 Å². The summed E-state index contributed by atoms with van der Waals surface area (Å²) in [6.45, 7) is 0. The number of fused-ring (bicyclic) bond motifs is 1. The number of nitrogens with one attached hydrogen (secondary N) is 2. The minimum Gasteiger partial charge on any atom is -0.341 e. The highest BCUT2D eigenvalue weighted by molar-refractivity contribution is 7.80. The van der Waals surface area contributed by atoms with Crippen LogP contribution >= 0.6 is 12.6 Å². The van der Waals surface area contributed by atoms with Gasteiger partial charge in [-0.05, 0) is 36.4 Å². The molecule has 0 radical (unpaired) electrons. The lowest BCUT2D eigenvalue weighted by atomic mass is 10.2. The van der Waals surface area contributed by atoms with E-state index in [0.717, 1.165) is 11.0 Å². The van der Waals surface area contributed by atoms with Crippen molar-refractivity contribution in [3.63, 3.8) is 0 Å². The van der Waals surface area contributed by atoms with Crippen LogP contribution < -0.4 is 5.56 Å². The maximum Gasteiger partial charge on any atom is 0.299 e. The van der Waals surface area contributed by atoms with Gasteiger partial charge >= 0.3 is 0 Å². The molecule has 2 N–H and O–H groups in total. The molecule has 0 saturated heterocycles. The SMILES string of the molecule is O=c1c(N=Nc2ccccc2)c(C(S)c2nc3ccccc3[nH]2)[nH]n1-c1ccccc1. The number of H-pyrrole nitrogens is 2. The fourth-order valence-corrected chi connectivity index (χ4v) is 3.63. The van der Waals surface area contributed by atoms with E-state index < -0.39 is 5.25 Å². The molecule has 2 aromatic heterocycles. The molecule has 2 heterocycles. The predicted molar refractivity (Wildman–Crippen MR) is 124 cm³/mol. The molecule has 152 valence electrons. The first-order valence-electron chi connectivity index (χ1n) is 9.70. The van der Waals surface area contributed by atoms with Crippen molar-refractivity contribution in [3.8, 4) is 5.69 Å². The number of nitrogens with zero attached hydrogens (tertiary/aromatic N) is 4. The number of hydrogen-bond donors (Lipinski definition) is 3. The van der Waals surface area contributed by atoms with Crippen molar-refractivity contribution in [2.45, 2.75) is 5.25 Å². The molecule has 0 aliphatic rings. The van der Waals surface area contributed by atoms with Crippen LogP contribution in [-0.4, -0.2) is 19.7 Å². The normalized spacial score (nSPS) is 12.5. The standard InChI is InChI=1S/C23H18N6OS/c30-23-20(27-26-15-9-3-1-4-10-15)19(28-29(23)16-11-5-2-6-12-16)21(31)22-24-17-13-7-8-14-18(17)25-22/h1-14,21,28,31H,(H,24,25). The minimum atomic E-state index is -0.533. The third-order valence-corrected chi connectivity index (χ3v) is 5.37. The van der Waals surface area contributed by atoms with Gasteiger partial charge in [-0.2, -0.15) is 17.7 Å². The van der Waals surface area contributed by atoms with Crippen LogP contribution in [0.5, 0.6) is 0 Å². The number of para-hydroxylation sites is 3. The molecule has 1 atom stereocenters. The number of thiol groups is 1. The summed E-state index contributed by atoms with van der Waals surface area (Å²) in [4.78, 5) is 21.1. The molecule has 0 bridgehead atoms. The van der Waals surface area contributed by atoms with Gasteiger partial charge in [0.2, 0.25) is 0 Å². The monoisotopic (exact) mass is 426 g/mol. The van der Waals surface area contributed by atoms with Gasteiger partial charge in [0.25, 0.3) is 5.56 Å². The lowest BCUT2D eigenvalue weighted by Crippen LogP contribution is -2.13. The van der Waals surface area contributed by atoms with Crippen LogP contribution in [0.25, 0.3) is 16.7 Å². The fourth-order valence-electron chi connectivity index (χ4n) is 3.33. The third-order valence-electron chi connectivity index (χ3n) is 4.87. The second kappa shape index (κ2) is 8.08. The highest BCUT2D eigenvalue weighted by Gasteiger charge is 2.24. The van der Waals surface area contributed by atoms with E-state index in [-0.39, 0.29) is 11.2 Å². The van der Waals surface area contributed by atoms with Crippen molar-refractivity contribution in [3.05, 3.63) is 107 Å². The van der Waals surface area contributed by atoms with Gasteiger partial charge in [0, 0.05) is 0 Å². The van der Waals surface area contributed by atoms with E-state index in [2.05, 4.69) is 25.3 Å². The molecule has 0 aliphatic heterocycles. The van der Waals surface area contributed by atoms with Crippen molar-refractivity contribution in [1.82, 2.24) is 19.7 Å². The Balaban J connectivity index is 1.64. The Morgan fingerprint density at radius 1 is 0.871 bits per heavy atom. The summed E-state index contributed by atoms with van der Waals surface area (Å²) in [6.07, 6.45) is 0. The Kier molecular flexibility index (Phi) is 4.97. The van der Waals surface area contributed by atoms with Crippen LogP contribution in [0.1, 0.15) is 16.8 Å². The first-order chi connectivity index (χ1) is 15.2. The molecule has 3 aromatic carbocycles. The molecule has 5 aromatic rings. The number of benzene rings is 3. The molecule has 1 unspecified atom stereocenters.